The van der Waals surface area contributed by atoms with Crippen molar-refractivity contribution in [2.45, 2.75) is 38.6 Å². The van der Waals surface area contributed by atoms with Gasteiger partial charge in [-0.05, 0) is 49.3 Å². The second-order valence-corrected chi connectivity index (χ2v) is 8.17. The third-order valence-electron chi connectivity index (χ3n) is 4.47. The lowest BCUT2D eigenvalue weighted by Gasteiger charge is -2.24. The van der Waals surface area contributed by atoms with Crippen LogP contribution in [0.3, 0.4) is 0 Å². The van der Waals surface area contributed by atoms with Gasteiger partial charge in [-0.15, -0.1) is 0 Å². The topological polar surface area (TPSA) is 73.2 Å². The molecule has 5 nitrogen and oxygen atoms in total. The minimum absolute atomic E-state index is 0.0792. The molecule has 1 unspecified atom stereocenters. The Morgan fingerprint density at radius 3 is 2.52 bits per heavy atom. The van der Waals surface area contributed by atoms with E-state index in [9.17, 15) is 12.8 Å². The quantitative estimate of drug-likeness (QED) is 0.789. The van der Waals surface area contributed by atoms with Crippen molar-refractivity contribution >= 4 is 10.2 Å². The predicted octanol–water partition coefficient (Wildman–Crippen LogP) is 2.22. The van der Waals surface area contributed by atoms with Gasteiger partial charge in [0, 0.05) is 19.6 Å². The largest absolute Gasteiger partial charge is 0.279 e. The van der Waals surface area contributed by atoms with Gasteiger partial charge in [-0.2, -0.15) is 18.0 Å². The third-order valence-corrected chi connectivity index (χ3v) is 6.09. The van der Waals surface area contributed by atoms with E-state index in [0.717, 1.165) is 24.8 Å². The van der Waals surface area contributed by atoms with Crippen LogP contribution in [-0.4, -0.2) is 32.4 Å². The summed E-state index contributed by atoms with van der Waals surface area (Å²) in [4.78, 5) is 0. The number of rotatable bonds is 8. The monoisotopic (exact) mass is 339 g/mol. The maximum absolute atomic E-state index is 12.9. The van der Waals surface area contributed by atoms with Gasteiger partial charge in [0.1, 0.15) is 5.82 Å². The van der Waals surface area contributed by atoms with Crippen LogP contribution in [0.15, 0.2) is 24.3 Å². The summed E-state index contributed by atoms with van der Waals surface area (Å²) in [6.07, 6.45) is 2.78. The van der Waals surface area contributed by atoms with Crippen molar-refractivity contribution in [3.8, 4) is 6.07 Å². The van der Waals surface area contributed by atoms with Crippen LogP contribution >= 0.6 is 0 Å². The van der Waals surface area contributed by atoms with Gasteiger partial charge in [-0.3, -0.25) is 0 Å². The lowest BCUT2D eigenvalue weighted by atomic mass is 9.97. The number of hydrogen-bond acceptors (Lipinski definition) is 3. The second kappa shape index (κ2) is 6.95. The minimum atomic E-state index is -3.60. The van der Waals surface area contributed by atoms with Crippen LogP contribution in [0, 0.1) is 22.6 Å². The Labute approximate surface area is 137 Å². The molecule has 23 heavy (non-hydrogen) atoms. The van der Waals surface area contributed by atoms with Gasteiger partial charge in [0.05, 0.1) is 12.5 Å². The normalized spacial score (nSPS) is 17.7. The molecule has 1 aliphatic carbocycles. The van der Waals surface area contributed by atoms with Gasteiger partial charge in [-0.1, -0.05) is 12.1 Å². The molecule has 0 radical (unpaired) electrons. The van der Waals surface area contributed by atoms with E-state index in [0.29, 0.717) is 6.54 Å². The highest BCUT2D eigenvalue weighted by Gasteiger charge is 2.43. The number of nitrogens with zero attached hydrogens (tertiary/aromatic N) is 2. The van der Waals surface area contributed by atoms with E-state index in [2.05, 4.69) is 4.72 Å². The number of benzene rings is 1. The first kappa shape index (κ1) is 17.9. The Bertz CT molecular complexity index is 678. The molecular formula is C16H22FN3O2S. The summed E-state index contributed by atoms with van der Waals surface area (Å²) in [7, 11) is -2.13. The Kier molecular flexibility index (Phi) is 5.40. The Morgan fingerprint density at radius 2 is 2.00 bits per heavy atom. The lowest BCUT2D eigenvalue weighted by molar-refractivity contribution is 0.379. The molecule has 1 atom stereocenters. The van der Waals surface area contributed by atoms with Gasteiger partial charge in [0.25, 0.3) is 10.2 Å². The fourth-order valence-corrected chi connectivity index (χ4v) is 3.71. The molecule has 1 N–H and O–H groups in total. The zero-order valence-electron chi connectivity index (χ0n) is 13.4. The Morgan fingerprint density at radius 1 is 1.39 bits per heavy atom. The molecule has 0 saturated heterocycles. The van der Waals surface area contributed by atoms with Crippen molar-refractivity contribution < 1.29 is 12.8 Å². The first-order valence-corrected chi connectivity index (χ1v) is 9.06. The van der Waals surface area contributed by atoms with Gasteiger partial charge < -0.3 is 0 Å². The van der Waals surface area contributed by atoms with Crippen LogP contribution in [0.5, 0.6) is 0 Å². The third kappa shape index (κ3) is 4.74. The van der Waals surface area contributed by atoms with Crippen molar-refractivity contribution in [2.24, 2.45) is 5.41 Å². The molecule has 126 valence electrons. The maximum Gasteiger partial charge on any atom is 0.279 e. The van der Waals surface area contributed by atoms with Crippen molar-refractivity contribution in [1.82, 2.24) is 9.03 Å². The molecule has 0 spiro atoms. The molecular weight excluding hydrogens is 317 g/mol. The van der Waals surface area contributed by atoms with E-state index in [4.69, 9.17) is 5.26 Å². The standard InChI is InChI=1S/C16H22FN3O2S/c1-13(7-10-18)20(2)23(21,22)19-12-16(8-9-16)11-14-3-5-15(17)6-4-14/h3-6,13,19H,7-9,11-12H2,1-2H3. The van der Waals surface area contributed by atoms with Crippen LogP contribution in [0.2, 0.25) is 0 Å². The highest BCUT2D eigenvalue weighted by Crippen LogP contribution is 2.48. The van der Waals surface area contributed by atoms with E-state index in [1.54, 1.807) is 19.1 Å². The lowest BCUT2D eigenvalue weighted by Crippen LogP contribution is -2.44. The van der Waals surface area contributed by atoms with Crippen LogP contribution in [0.1, 0.15) is 31.7 Å². The summed E-state index contributed by atoms with van der Waals surface area (Å²) in [5, 5.41) is 8.69. The molecule has 0 aromatic heterocycles. The molecule has 1 aromatic rings. The summed E-state index contributed by atoms with van der Waals surface area (Å²) >= 11 is 0. The predicted molar refractivity (Wildman–Crippen MR) is 86.1 cm³/mol. The molecule has 1 aliphatic rings. The maximum atomic E-state index is 12.9. The van der Waals surface area contributed by atoms with Crippen molar-refractivity contribution in [3.63, 3.8) is 0 Å². The van der Waals surface area contributed by atoms with Gasteiger partial charge >= 0.3 is 0 Å². The highest BCUT2D eigenvalue weighted by atomic mass is 32.2. The fraction of sp³-hybridized carbons (Fsp3) is 0.562. The van der Waals surface area contributed by atoms with Gasteiger partial charge in [0.2, 0.25) is 0 Å². The summed E-state index contributed by atoms with van der Waals surface area (Å²) in [6.45, 7) is 2.06. The van der Waals surface area contributed by atoms with Crippen LogP contribution in [0.4, 0.5) is 4.39 Å². The van der Waals surface area contributed by atoms with E-state index < -0.39 is 10.2 Å². The first-order chi connectivity index (χ1) is 10.8. The molecule has 0 aliphatic heterocycles. The van der Waals surface area contributed by atoms with Crippen molar-refractivity contribution in [3.05, 3.63) is 35.6 Å². The number of nitriles is 1. The zero-order chi connectivity index (χ0) is 17.1. The smallest absolute Gasteiger partial charge is 0.207 e. The summed E-state index contributed by atoms with van der Waals surface area (Å²) in [6, 6.07) is 7.94. The average molecular weight is 339 g/mol. The van der Waals surface area contributed by atoms with E-state index in [1.807, 2.05) is 6.07 Å². The molecule has 7 heteroatoms. The molecule has 0 heterocycles. The van der Waals surface area contributed by atoms with Crippen molar-refractivity contribution in [2.75, 3.05) is 13.6 Å². The zero-order valence-corrected chi connectivity index (χ0v) is 14.2. The SMILES string of the molecule is CC(CC#N)N(C)S(=O)(=O)NCC1(Cc2ccc(F)cc2)CC1. The van der Waals surface area contributed by atoms with Crippen LogP contribution in [0.25, 0.3) is 0 Å². The average Bonchev–Trinajstić information content (AvgIpc) is 3.27. The number of hydrogen-bond donors (Lipinski definition) is 1. The van der Waals surface area contributed by atoms with Crippen molar-refractivity contribution in [1.29, 1.82) is 5.26 Å². The molecule has 0 amide bonds. The van der Waals surface area contributed by atoms with Gasteiger partial charge in [-0.25, -0.2) is 9.11 Å². The van der Waals surface area contributed by atoms with E-state index in [1.165, 1.54) is 23.5 Å². The molecule has 2 rings (SSSR count). The number of halogens is 1. The molecule has 1 saturated carbocycles. The molecule has 0 bridgehead atoms. The second-order valence-electron chi connectivity index (χ2n) is 6.36. The van der Waals surface area contributed by atoms with Crippen LogP contribution in [-0.2, 0) is 16.6 Å². The summed E-state index contributed by atoms with van der Waals surface area (Å²) < 4.78 is 41.3. The Hall–Kier alpha value is -1.49. The summed E-state index contributed by atoms with van der Waals surface area (Å²) in [5.41, 5.74) is 0.929. The van der Waals surface area contributed by atoms with E-state index >= 15 is 0 Å². The first-order valence-electron chi connectivity index (χ1n) is 7.62. The minimum Gasteiger partial charge on any atom is -0.207 e. The summed E-state index contributed by atoms with van der Waals surface area (Å²) in [5.74, 6) is -0.271. The molecule has 1 aromatic carbocycles. The van der Waals surface area contributed by atoms with Gasteiger partial charge in [0.15, 0.2) is 0 Å². The Balaban J connectivity index is 1.94. The van der Waals surface area contributed by atoms with Crippen LogP contribution < -0.4 is 4.72 Å². The highest BCUT2D eigenvalue weighted by molar-refractivity contribution is 7.87. The number of nitrogens with one attached hydrogen (secondary N) is 1. The molecule has 1 fully saturated rings. The van der Waals surface area contributed by atoms with E-state index in [-0.39, 0.29) is 23.7 Å². The fourth-order valence-electron chi connectivity index (χ4n) is 2.47.